The molecular weight excluding hydrogens is 222 g/mol. The van der Waals surface area contributed by atoms with E-state index in [9.17, 15) is 5.11 Å². The van der Waals surface area contributed by atoms with Gasteiger partial charge in [0.05, 0.1) is 6.10 Å². The molecule has 3 atom stereocenters. The number of hydrogen-bond donors (Lipinski definition) is 1. The van der Waals surface area contributed by atoms with E-state index in [-0.39, 0.29) is 6.10 Å². The van der Waals surface area contributed by atoms with E-state index in [4.69, 9.17) is 0 Å². The molecule has 3 unspecified atom stereocenters. The zero-order chi connectivity index (χ0) is 12.5. The van der Waals surface area contributed by atoms with Gasteiger partial charge in [0.25, 0.3) is 0 Å². The summed E-state index contributed by atoms with van der Waals surface area (Å²) in [5.41, 5.74) is 2.87. The zero-order valence-corrected chi connectivity index (χ0v) is 11.2. The molecule has 2 heteroatoms. The molecule has 0 aromatic heterocycles. The van der Waals surface area contributed by atoms with Crippen molar-refractivity contribution < 1.29 is 5.11 Å². The van der Waals surface area contributed by atoms with Crippen molar-refractivity contribution in [1.29, 1.82) is 0 Å². The quantitative estimate of drug-likeness (QED) is 0.821. The van der Waals surface area contributed by atoms with Crippen LogP contribution in [0.2, 0.25) is 0 Å². The lowest BCUT2D eigenvalue weighted by atomic mass is 9.72. The Morgan fingerprint density at radius 3 is 2.94 bits per heavy atom. The van der Waals surface area contributed by atoms with E-state index in [2.05, 4.69) is 36.2 Å². The number of benzene rings is 1. The molecule has 3 rings (SSSR count). The summed E-state index contributed by atoms with van der Waals surface area (Å²) in [6.45, 7) is 2.42. The number of fused-ring (bicyclic) bond motifs is 1. The molecule has 1 fully saturated rings. The van der Waals surface area contributed by atoms with Crippen molar-refractivity contribution in [2.24, 2.45) is 5.92 Å². The molecule has 1 N–H and O–H groups in total. The molecule has 1 aromatic rings. The first-order valence-electron chi connectivity index (χ1n) is 7.18. The fourth-order valence-electron chi connectivity index (χ4n) is 3.82. The van der Waals surface area contributed by atoms with Crippen LogP contribution in [0.4, 0.5) is 0 Å². The molecule has 18 heavy (non-hydrogen) atoms. The highest BCUT2D eigenvalue weighted by molar-refractivity contribution is 5.34. The lowest BCUT2D eigenvalue weighted by molar-refractivity contribution is 0.111. The van der Waals surface area contributed by atoms with Crippen molar-refractivity contribution in [3.05, 3.63) is 35.4 Å². The van der Waals surface area contributed by atoms with Crippen LogP contribution in [0.5, 0.6) is 0 Å². The highest BCUT2D eigenvalue weighted by atomic mass is 16.3. The van der Waals surface area contributed by atoms with Crippen LogP contribution in [0.3, 0.4) is 0 Å². The van der Waals surface area contributed by atoms with Crippen LogP contribution in [0, 0.1) is 5.92 Å². The molecule has 0 bridgehead atoms. The normalized spacial score (nSPS) is 33.1. The Hall–Kier alpha value is -0.860. The van der Waals surface area contributed by atoms with Crippen molar-refractivity contribution in [2.45, 2.75) is 37.7 Å². The van der Waals surface area contributed by atoms with Crippen LogP contribution in [0.1, 0.15) is 36.3 Å². The number of aliphatic hydroxyl groups is 1. The second kappa shape index (κ2) is 5.02. The van der Waals surface area contributed by atoms with Gasteiger partial charge in [-0.05, 0) is 62.2 Å². The highest BCUT2D eigenvalue weighted by Crippen LogP contribution is 2.40. The summed E-state index contributed by atoms with van der Waals surface area (Å²) in [5.74, 6) is 1.28. The Labute approximate surface area is 110 Å². The van der Waals surface area contributed by atoms with E-state index in [0.29, 0.717) is 5.92 Å². The Balaban J connectivity index is 1.87. The minimum atomic E-state index is -0.142. The Bertz CT molecular complexity index is 417. The van der Waals surface area contributed by atoms with Gasteiger partial charge in [-0.15, -0.1) is 0 Å². The first-order valence-corrected chi connectivity index (χ1v) is 7.18. The van der Waals surface area contributed by atoms with Crippen LogP contribution < -0.4 is 0 Å². The molecule has 2 aliphatic rings. The third kappa shape index (κ3) is 2.32. The number of rotatable bonds is 1. The van der Waals surface area contributed by atoms with Crippen molar-refractivity contribution in [3.8, 4) is 0 Å². The molecule has 1 aromatic carbocycles. The molecule has 1 aliphatic carbocycles. The van der Waals surface area contributed by atoms with Gasteiger partial charge in [-0.3, -0.25) is 0 Å². The van der Waals surface area contributed by atoms with Gasteiger partial charge in [-0.25, -0.2) is 0 Å². The highest BCUT2D eigenvalue weighted by Gasteiger charge is 2.33. The average Bonchev–Trinajstić information content (AvgIpc) is 2.37. The maximum Gasteiger partial charge on any atom is 0.0586 e. The third-order valence-electron chi connectivity index (χ3n) is 4.67. The van der Waals surface area contributed by atoms with E-state index in [1.165, 1.54) is 37.1 Å². The van der Waals surface area contributed by atoms with E-state index < -0.39 is 0 Å². The third-order valence-corrected chi connectivity index (χ3v) is 4.67. The number of nitrogens with zero attached hydrogens (tertiary/aromatic N) is 1. The molecular formula is C16H23NO. The fraction of sp³-hybridized carbons (Fsp3) is 0.625. The smallest absolute Gasteiger partial charge is 0.0586 e. The predicted molar refractivity (Wildman–Crippen MR) is 73.7 cm³/mol. The van der Waals surface area contributed by atoms with Gasteiger partial charge in [0.1, 0.15) is 0 Å². The molecule has 0 amide bonds. The first kappa shape index (κ1) is 12.2. The maximum atomic E-state index is 10.1. The molecule has 0 radical (unpaired) electrons. The number of aliphatic hydroxyl groups excluding tert-OH is 1. The van der Waals surface area contributed by atoms with Crippen LogP contribution in [0.15, 0.2) is 24.3 Å². The number of likely N-dealkylation sites (tertiary alicyclic amines) is 1. The Kier molecular flexibility index (Phi) is 3.40. The lowest BCUT2D eigenvalue weighted by Gasteiger charge is -2.39. The van der Waals surface area contributed by atoms with Crippen molar-refractivity contribution in [2.75, 3.05) is 20.1 Å². The number of hydrogen-bond acceptors (Lipinski definition) is 2. The summed E-state index contributed by atoms with van der Waals surface area (Å²) in [7, 11) is 2.22. The molecule has 1 aliphatic heterocycles. The van der Waals surface area contributed by atoms with Crippen molar-refractivity contribution in [3.63, 3.8) is 0 Å². The summed E-state index contributed by atoms with van der Waals surface area (Å²) < 4.78 is 0. The van der Waals surface area contributed by atoms with Gasteiger partial charge in [0.2, 0.25) is 0 Å². The van der Waals surface area contributed by atoms with Gasteiger partial charge in [-0.2, -0.15) is 0 Å². The van der Waals surface area contributed by atoms with Gasteiger partial charge in [0.15, 0.2) is 0 Å². The SMILES string of the molecule is CN1CCCC(C2CC(O)Cc3ccccc32)C1. The van der Waals surface area contributed by atoms with Crippen LogP contribution in [-0.2, 0) is 6.42 Å². The fourth-order valence-corrected chi connectivity index (χ4v) is 3.82. The van der Waals surface area contributed by atoms with E-state index in [0.717, 1.165) is 18.8 Å². The minimum absolute atomic E-state index is 0.142. The van der Waals surface area contributed by atoms with Gasteiger partial charge in [0, 0.05) is 6.54 Å². The summed E-state index contributed by atoms with van der Waals surface area (Å²) in [6.07, 6.45) is 4.27. The second-order valence-corrected chi connectivity index (χ2v) is 6.06. The first-order chi connectivity index (χ1) is 8.74. The predicted octanol–water partition coefficient (Wildman–Crippen LogP) is 2.42. The summed E-state index contributed by atoms with van der Waals surface area (Å²) in [6, 6.07) is 8.72. The van der Waals surface area contributed by atoms with E-state index in [1.54, 1.807) is 0 Å². The summed E-state index contributed by atoms with van der Waals surface area (Å²) in [5, 5.41) is 10.1. The molecule has 0 saturated carbocycles. The van der Waals surface area contributed by atoms with Crippen molar-refractivity contribution in [1.82, 2.24) is 4.90 Å². The second-order valence-electron chi connectivity index (χ2n) is 6.06. The topological polar surface area (TPSA) is 23.5 Å². The molecule has 1 heterocycles. The van der Waals surface area contributed by atoms with Gasteiger partial charge >= 0.3 is 0 Å². The van der Waals surface area contributed by atoms with Gasteiger partial charge in [-0.1, -0.05) is 24.3 Å². The van der Waals surface area contributed by atoms with Crippen LogP contribution in [-0.4, -0.2) is 36.2 Å². The average molecular weight is 245 g/mol. The van der Waals surface area contributed by atoms with Crippen LogP contribution in [0.25, 0.3) is 0 Å². The molecule has 2 nitrogen and oxygen atoms in total. The van der Waals surface area contributed by atoms with Crippen LogP contribution >= 0.6 is 0 Å². The zero-order valence-electron chi connectivity index (χ0n) is 11.2. The standard InChI is InChI=1S/C16H23NO/c1-17-8-4-6-13(11-17)16-10-14(18)9-12-5-2-3-7-15(12)16/h2-3,5,7,13-14,16,18H,4,6,8-11H2,1H3. The summed E-state index contributed by atoms with van der Waals surface area (Å²) >= 11 is 0. The van der Waals surface area contributed by atoms with Gasteiger partial charge < -0.3 is 10.0 Å². The number of piperidine rings is 1. The molecule has 98 valence electrons. The largest absolute Gasteiger partial charge is 0.393 e. The Morgan fingerprint density at radius 1 is 1.28 bits per heavy atom. The Morgan fingerprint density at radius 2 is 2.11 bits per heavy atom. The monoisotopic (exact) mass is 245 g/mol. The lowest BCUT2D eigenvalue weighted by Crippen LogP contribution is -2.37. The molecule has 1 saturated heterocycles. The van der Waals surface area contributed by atoms with E-state index >= 15 is 0 Å². The van der Waals surface area contributed by atoms with E-state index in [1.807, 2.05) is 0 Å². The maximum absolute atomic E-state index is 10.1. The van der Waals surface area contributed by atoms with Crippen molar-refractivity contribution >= 4 is 0 Å². The minimum Gasteiger partial charge on any atom is -0.393 e. The summed E-state index contributed by atoms with van der Waals surface area (Å²) in [4.78, 5) is 2.44. The molecule has 0 spiro atoms.